The van der Waals surface area contributed by atoms with Crippen molar-refractivity contribution in [1.82, 2.24) is 0 Å². The lowest BCUT2D eigenvalue weighted by Gasteiger charge is -2.01. The molecule has 0 saturated heterocycles. The minimum absolute atomic E-state index is 0.472. The third kappa shape index (κ3) is 2.05. The third-order valence-corrected chi connectivity index (χ3v) is 1.46. The lowest BCUT2D eigenvalue weighted by molar-refractivity contribution is -0.128. The largest absolute Gasteiger partial charge is 0.468 e. The molecule has 1 rings (SSSR count). The molecule has 0 aromatic carbocycles. The van der Waals surface area contributed by atoms with Gasteiger partial charge in [0.15, 0.2) is 0 Å². The maximum Gasteiger partial charge on any atom is 0.293 e. The fourth-order valence-electron chi connectivity index (χ4n) is 0.923. The van der Waals surface area contributed by atoms with Crippen LogP contribution in [0, 0.1) is 5.92 Å². The van der Waals surface area contributed by atoms with Crippen LogP contribution in [0.2, 0.25) is 0 Å². The molecular weight excluding hydrogens is 128 g/mol. The molecule has 0 heterocycles. The van der Waals surface area contributed by atoms with Crippen molar-refractivity contribution in [2.75, 3.05) is 6.61 Å². The second-order valence-corrected chi connectivity index (χ2v) is 2.19. The molecule has 0 spiro atoms. The van der Waals surface area contributed by atoms with Crippen LogP contribution in [0.1, 0.15) is 6.42 Å². The molecule has 0 unspecified atom stereocenters. The van der Waals surface area contributed by atoms with Gasteiger partial charge in [0, 0.05) is 0 Å². The zero-order chi connectivity index (χ0) is 7.23. The Morgan fingerprint density at radius 2 is 2.10 bits per heavy atom. The minimum atomic E-state index is 0.472. The quantitative estimate of drug-likeness (QED) is 0.432. The molecule has 2 nitrogen and oxygen atoms in total. The van der Waals surface area contributed by atoms with Crippen molar-refractivity contribution in [3.8, 4) is 0 Å². The molecule has 0 aromatic rings. The summed E-state index contributed by atoms with van der Waals surface area (Å²) in [7, 11) is 0. The Morgan fingerprint density at radius 1 is 1.40 bits per heavy atom. The van der Waals surface area contributed by atoms with E-state index >= 15 is 0 Å². The summed E-state index contributed by atoms with van der Waals surface area (Å²) in [5.74, 6) is 0.472. The van der Waals surface area contributed by atoms with Gasteiger partial charge >= 0.3 is 0 Å². The second kappa shape index (κ2) is 3.88. The lowest BCUT2D eigenvalue weighted by Crippen LogP contribution is -1.97. The van der Waals surface area contributed by atoms with E-state index in [1.54, 1.807) is 0 Å². The van der Waals surface area contributed by atoms with Crippen LogP contribution in [0.25, 0.3) is 0 Å². The van der Waals surface area contributed by atoms with E-state index in [4.69, 9.17) is 0 Å². The highest BCUT2D eigenvalue weighted by Gasteiger charge is 2.01. The first-order valence-corrected chi connectivity index (χ1v) is 3.33. The molecule has 0 fully saturated rings. The van der Waals surface area contributed by atoms with Crippen molar-refractivity contribution in [2.45, 2.75) is 6.42 Å². The van der Waals surface area contributed by atoms with Gasteiger partial charge in [-0.25, -0.2) is 0 Å². The normalized spacial score (nSPS) is 16.0. The third-order valence-electron chi connectivity index (χ3n) is 1.46. The molecular formula is C8H10O2. The number of allylic oxidation sites excluding steroid dienone is 4. The van der Waals surface area contributed by atoms with Crippen LogP contribution in [-0.4, -0.2) is 13.1 Å². The Labute approximate surface area is 60.2 Å². The van der Waals surface area contributed by atoms with E-state index in [0.717, 1.165) is 6.42 Å². The highest BCUT2D eigenvalue weighted by Crippen LogP contribution is 2.12. The summed E-state index contributed by atoms with van der Waals surface area (Å²) in [5, 5.41) is 0. The van der Waals surface area contributed by atoms with Gasteiger partial charge in [-0.3, -0.25) is 4.79 Å². The van der Waals surface area contributed by atoms with Crippen LogP contribution >= 0.6 is 0 Å². The summed E-state index contributed by atoms with van der Waals surface area (Å²) in [6, 6.07) is 0. The van der Waals surface area contributed by atoms with Crippen LogP contribution < -0.4 is 0 Å². The Kier molecular flexibility index (Phi) is 2.74. The Hall–Kier alpha value is -1.05. The monoisotopic (exact) mass is 138 g/mol. The summed E-state index contributed by atoms with van der Waals surface area (Å²) in [6.45, 7) is 1.01. The molecule has 0 atom stereocenters. The molecule has 1 aliphatic rings. The molecule has 0 bridgehead atoms. The molecule has 2 heteroatoms. The summed E-state index contributed by atoms with van der Waals surface area (Å²) in [6.07, 6.45) is 9.09. The van der Waals surface area contributed by atoms with Gasteiger partial charge in [-0.05, 0) is 12.3 Å². The number of rotatable bonds is 4. The zero-order valence-electron chi connectivity index (χ0n) is 5.69. The summed E-state index contributed by atoms with van der Waals surface area (Å²) >= 11 is 0. The SMILES string of the molecule is O=COCCC1C=CC=C1. The number of ether oxygens (including phenoxy) is 1. The maximum absolute atomic E-state index is 9.72. The summed E-state index contributed by atoms with van der Waals surface area (Å²) in [4.78, 5) is 9.72. The standard InChI is InChI=1S/C8H10O2/c9-7-10-6-5-8-3-1-2-4-8/h1-4,7-8H,5-6H2. The number of carbonyl (C=O) groups is 1. The first-order valence-electron chi connectivity index (χ1n) is 3.33. The highest BCUT2D eigenvalue weighted by molar-refractivity contribution is 5.36. The van der Waals surface area contributed by atoms with Gasteiger partial charge < -0.3 is 4.74 Å². The Bertz CT molecular complexity index is 147. The van der Waals surface area contributed by atoms with Crippen LogP contribution in [0.5, 0.6) is 0 Å². The van der Waals surface area contributed by atoms with E-state index in [9.17, 15) is 4.79 Å². The predicted octanol–water partition coefficient (Wildman–Crippen LogP) is 1.29. The smallest absolute Gasteiger partial charge is 0.293 e. The van der Waals surface area contributed by atoms with E-state index in [-0.39, 0.29) is 0 Å². The molecule has 0 radical (unpaired) electrons. The van der Waals surface area contributed by atoms with Crippen molar-refractivity contribution in [3.05, 3.63) is 24.3 Å². The minimum Gasteiger partial charge on any atom is -0.468 e. The van der Waals surface area contributed by atoms with E-state index in [1.807, 2.05) is 12.2 Å². The van der Waals surface area contributed by atoms with Gasteiger partial charge in [-0.2, -0.15) is 0 Å². The van der Waals surface area contributed by atoms with Gasteiger partial charge in [-0.15, -0.1) is 0 Å². The van der Waals surface area contributed by atoms with Gasteiger partial charge in [0.2, 0.25) is 0 Å². The van der Waals surface area contributed by atoms with Crippen molar-refractivity contribution >= 4 is 6.47 Å². The first kappa shape index (κ1) is 7.06. The van der Waals surface area contributed by atoms with Crippen molar-refractivity contribution in [3.63, 3.8) is 0 Å². The summed E-state index contributed by atoms with van der Waals surface area (Å²) in [5.41, 5.74) is 0. The number of hydrogen-bond acceptors (Lipinski definition) is 2. The van der Waals surface area contributed by atoms with Crippen LogP contribution in [0.15, 0.2) is 24.3 Å². The molecule has 0 saturated carbocycles. The van der Waals surface area contributed by atoms with Crippen LogP contribution in [0.4, 0.5) is 0 Å². The topological polar surface area (TPSA) is 26.3 Å². The summed E-state index contributed by atoms with van der Waals surface area (Å²) < 4.78 is 4.55. The van der Waals surface area contributed by atoms with Gasteiger partial charge in [0.25, 0.3) is 6.47 Å². The van der Waals surface area contributed by atoms with E-state index in [2.05, 4.69) is 16.9 Å². The Morgan fingerprint density at radius 3 is 2.70 bits per heavy atom. The van der Waals surface area contributed by atoms with Crippen molar-refractivity contribution in [1.29, 1.82) is 0 Å². The molecule has 0 amide bonds. The molecule has 1 aliphatic carbocycles. The number of hydrogen-bond donors (Lipinski definition) is 0. The van der Waals surface area contributed by atoms with Crippen LogP contribution in [-0.2, 0) is 9.53 Å². The van der Waals surface area contributed by atoms with Crippen molar-refractivity contribution < 1.29 is 9.53 Å². The molecule has 54 valence electrons. The average Bonchev–Trinajstić information content (AvgIpc) is 2.41. The first-order chi connectivity index (χ1) is 4.93. The Balaban J connectivity index is 2.08. The van der Waals surface area contributed by atoms with Gasteiger partial charge in [0.1, 0.15) is 0 Å². The molecule has 0 aromatic heterocycles. The zero-order valence-corrected chi connectivity index (χ0v) is 5.69. The van der Waals surface area contributed by atoms with Crippen LogP contribution in [0.3, 0.4) is 0 Å². The van der Waals surface area contributed by atoms with E-state index in [0.29, 0.717) is 19.0 Å². The van der Waals surface area contributed by atoms with Gasteiger partial charge in [-0.1, -0.05) is 24.3 Å². The molecule has 10 heavy (non-hydrogen) atoms. The average molecular weight is 138 g/mol. The highest BCUT2D eigenvalue weighted by atomic mass is 16.5. The molecule has 0 N–H and O–H groups in total. The fraction of sp³-hybridized carbons (Fsp3) is 0.375. The maximum atomic E-state index is 9.72. The predicted molar refractivity (Wildman–Crippen MR) is 38.4 cm³/mol. The van der Waals surface area contributed by atoms with Gasteiger partial charge in [0.05, 0.1) is 6.61 Å². The lowest BCUT2D eigenvalue weighted by atomic mass is 10.1. The second-order valence-electron chi connectivity index (χ2n) is 2.19. The van der Waals surface area contributed by atoms with E-state index in [1.165, 1.54) is 0 Å². The number of carbonyl (C=O) groups excluding carboxylic acids is 1. The van der Waals surface area contributed by atoms with E-state index < -0.39 is 0 Å². The van der Waals surface area contributed by atoms with Crippen molar-refractivity contribution in [2.24, 2.45) is 5.92 Å². The molecule has 0 aliphatic heterocycles. The fourth-order valence-corrected chi connectivity index (χ4v) is 0.923.